The van der Waals surface area contributed by atoms with Gasteiger partial charge in [-0.2, -0.15) is 17.6 Å². The smallest absolute Gasteiger partial charge is 0.246 e. The van der Waals surface area contributed by atoms with Gasteiger partial charge in [0, 0.05) is 0 Å². The predicted octanol–water partition coefficient (Wildman–Crippen LogP) is 1.86. The Morgan fingerprint density at radius 2 is 1.12 bits per heavy atom. The summed E-state index contributed by atoms with van der Waals surface area (Å²) in [5.41, 5.74) is 0. The van der Waals surface area contributed by atoms with E-state index >= 15 is 0 Å². The Morgan fingerprint density at radius 1 is 0.750 bits per heavy atom. The molecule has 0 fully saturated rings. The van der Waals surface area contributed by atoms with E-state index in [0.717, 1.165) is 0 Å². The molecule has 16 heavy (non-hydrogen) atoms. The van der Waals surface area contributed by atoms with Gasteiger partial charge in [-0.15, -0.1) is 0 Å². The monoisotopic (exact) mass is 278 g/mol. The van der Waals surface area contributed by atoms with Crippen LogP contribution in [0, 0.1) is 0 Å². The van der Waals surface area contributed by atoms with E-state index in [9.17, 15) is 39.5 Å². The largest absolute Gasteiger partial charge is 0.346 e. The molecule has 3 unspecified atom stereocenters. The maximum atomic E-state index is 12.5. The Kier molecular flexibility index (Phi) is 4.72. The van der Waals surface area contributed by atoms with Crippen LogP contribution in [0.2, 0.25) is 0 Å². The van der Waals surface area contributed by atoms with Gasteiger partial charge in [0.2, 0.25) is 6.17 Å². The topological polar surface area (TPSA) is 0 Å². The van der Waals surface area contributed by atoms with E-state index in [1.165, 1.54) is 0 Å². The third-order valence-corrected chi connectivity index (χ3v) is 2.54. The summed E-state index contributed by atoms with van der Waals surface area (Å²) in [5.74, 6) is -14.7. The lowest BCUT2D eigenvalue weighted by atomic mass is 10.0. The van der Waals surface area contributed by atoms with E-state index in [4.69, 9.17) is 0 Å². The minimum atomic E-state index is -5.82. The first-order valence-electron chi connectivity index (χ1n) is 3.92. The van der Waals surface area contributed by atoms with Gasteiger partial charge in [-0.05, 0) is 0 Å². The molecule has 0 saturated carbocycles. The molecule has 0 saturated heterocycles. The van der Waals surface area contributed by atoms with E-state index in [2.05, 4.69) is 0 Å². The zero-order chi connectivity index (χ0) is 13.3. The van der Waals surface area contributed by atoms with Gasteiger partial charge >= 0.3 is 11.8 Å². The summed E-state index contributed by atoms with van der Waals surface area (Å²) < 4.78 is 110. The first kappa shape index (κ1) is 15.6. The van der Waals surface area contributed by atoms with Crippen molar-refractivity contribution in [2.45, 2.75) is 36.4 Å². The second kappa shape index (κ2) is 4.84. The van der Waals surface area contributed by atoms with Crippen molar-refractivity contribution in [2.24, 2.45) is 0 Å². The normalized spacial score (nSPS) is 19.9. The van der Waals surface area contributed by atoms with E-state index in [-0.39, 0.29) is 0 Å². The SMILES string of the molecule is FC(F)C(F)C(F)C(F)(F)C(F)(F)C(F)[SiH3]. The van der Waals surface area contributed by atoms with Crippen LogP contribution < -0.4 is 0 Å². The fourth-order valence-electron chi connectivity index (χ4n) is 0.777. The van der Waals surface area contributed by atoms with E-state index in [1.54, 1.807) is 0 Å². The first-order chi connectivity index (χ1) is 6.96. The minimum Gasteiger partial charge on any atom is -0.246 e. The third kappa shape index (κ3) is 2.63. The minimum absolute atomic E-state index is 1.08. The number of hydrogen-bond donors (Lipinski definition) is 0. The molecule has 0 aliphatic carbocycles. The van der Waals surface area contributed by atoms with Gasteiger partial charge in [0.1, 0.15) is 5.79 Å². The Labute approximate surface area is 87.2 Å². The van der Waals surface area contributed by atoms with Crippen LogP contribution in [0.3, 0.4) is 0 Å². The van der Waals surface area contributed by atoms with Crippen molar-refractivity contribution in [3.8, 4) is 0 Å². The van der Waals surface area contributed by atoms with Crippen LogP contribution in [0.25, 0.3) is 0 Å². The van der Waals surface area contributed by atoms with Crippen LogP contribution in [0.4, 0.5) is 39.5 Å². The predicted molar refractivity (Wildman–Crippen MR) is 40.5 cm³/mol. The van der Waals surface area contributed by atoms with Gasteiger partial charge in [0.05, 0.1) is 10.2 Å². The van der Waals surface area contributed by atoms with Crippen LogP contribution in [0.1, 0.15) is 0 Å². The van der Waals surface area contributed by atoms with Crippen molar-refractivity contribution in [3.63, 3.8) is 0 Å². The summed E-state index contributed by atoms with van der Waals surface area (Å²) in [6.07, 6.45) is -12.8. The van der Waals surface area contributed by atoms with E-state index in [1.807, 2.05) is 0 Å². The van der Waals surface area contributed by atoms with Crippen LogP contribution in [0.15, 0.2) is 0 Å². The highest BCUT2D eigenvalue weighted by molar-refractivity contribution is 6.11. The summed E-state index contributed by atoms with van der Waals surface area (Å²) in [7, 11) is -1.08. The van der Waals surface area contributed by atoms with Gasteiger partial charge < -0.3 is 0 Å². The molecule has 0 spiro atoms. The molecule has 0 aromatic carbocycles. The average Bonchev–Trinajstić information content (AvgIpc) is 2.14. The van der Waals surface area contributed by atoms with Crippen molar-refractivity contribution >= 4 is 10.2 Å². The molecule has 0 heterocycles. The molecule has 0 rings (SSSR count). The van der Waals surface area contributed by atoms with Gasteiger partial charge in [0.25, 0.3) is 6.43 Å². The average molecular weight is 278 g/mol. The molecule has 0 aliphatic heterocycles. The molecule has 3 atom stereocenters. The molecule has 98 valence electrons. The summed E-state index contributed by atoms with van der Waals surface area (Å²) in [6, 6.07) is 0. The molecule has 0 nitrogen and oxygen atoms in total. The fourth-order valence-corrected chi connectivity index (χ4v) is 1.16. The molecule has 0 aromatic heterocycles. The Hall–Kier alpha value is -0.413. The van der Waals surface area contributed by atoms with Gasteiger partial charge in [0.15, 0.2) is 6.17 Å². The van der Waals surface area contributed by atoms with E-state index in [0.29, 0.717) is 0 Å². The molecule has 10 heteroatoms. The van der Waals surface area contributed by atoms with Crippen molar-refractivity contribution in [1.82, 2.24) is 0 Å². The lowest BCUT2D eigenvalue weighted by Gasteiger charge is -2.31. The Bertz CT molecular complexity index is 228. The lowest BCUT2D eigenvalue weighted by Crippen LogP contribution is -2.57. The van der Waals surface area contributed by atoms with Gasteiger partial charge in [-0.1, -0.05) is 0 Å². The number of alkyl halides is 9. The molecule has 0 amide bonds. The molecule has 0 radical (unpaired) electrons. The standard InChI is InChI=1S/C6H7F9Si/c7-1(3(9)10)2(8)5(12,13)6(14,15)4(11)16/h1-4H,16H3. The van der Waals surface area contributed by atoms with Crippen molar-refractivity contribution in [1.29, 1.82) is 0 Å². The van der Waals surface area contributed by atoms with Crippen molar-refractivity contribution in [3.05, 3.63) is 0 Å². The summed E-state index contributed by atoms with van der Waals surface area (Å²) in [4.78, 5) is 0. The number of rotatable bonds is 5. The van der Waals surface area contributed by atoms with Crippen molar-refractivity contribution < 1.29 is 39.5 Å². The summed E-state index contributed by atoms with van der Waals surface area (Å²) in [6.45, 7) is 0. The second-order valence-electron chi connectivity index (χ2n) is 3.04. The van der Waals surface area contributed by atoms with Gasteiger partial charge in [-0.25, -0.2) is 22.0 Å². The number of halogens is 9. The van der Waals surface area contributed by atoms with Crippen LogP contribution in [-0.2, 0) is 0 Å². The van der Waals surface area contributed by atoms with Crippen LogP contribution >= 0.6 is 0 Å². The maximum Gasteiger partial charge on any atom is 0.346 e. The highest BCUT2D eigenvalue weighted by atomic mass is 28.1. The zero-order valence-electron chi connectivity index (χ0n) is 7.71. The molecule has 0 aliphatic rings. The third-order valence-electron chi connectivity index (χ3n) is 1.81. The quantitative estimate of drug-likeness (QED) is 0.532. The first-order valence-corrected chi connectivity index (χ1v) is 5.07. The van der Waals surface area contributed by atoms with Gasteiger partial charge in [-0.3, -0.25) is 0 Å². The Morgan fingerprint density at radius 3 is 1.38 bits per heavy atom. The zero-order valence-corrected chi connectivity index (χ0v) is 9.71. The molecular formula is C6H7F9Si. The van der Waals surface area contributed by atoms with Crippen LogP contribution in [0.5, 0.6) is 0 Å². The molecule has 0 N–H and O–H groups in total. The highest BCUT2D eigenvalue weighted by Crippen LogP contribution is 2.43. The fraction of sp³-hybridized carbons (Fsp3) is 1.00. The van der Waals surface area contributed by atoms with Crippen LogP contribution in [-0.4, -0.2) is 46.7 Å². The molecule has 0 aromatic rings. The Balaban J connectivity index is 5.05. The maximum absolute atomic E-state index is 12.5. The number of hydrogen-bond acceptors (Lipinski definition) is 0. The van der Waals surface area contributed by atoms with E-state index < -0.39 is 46.7 Å². The summed E-state index contributed by atoms with van der Waals surface area (Å²) in [5, 5.41) is 0. The lowest BCUT2D eigenvalue weighted by molar-refractivity contribution is -0.265. The molecule has 0 bridgehead atoms. The highest BCUT2D eigenvalue weighted by Gasteiger charge is 2.67. The second-order valence-corrected chi connectivity index (χ2v) is 4.06. The summed E-state index contributed by atoms with van der Waals surface area (Å²) >= 11 is 0. The van der Waals surface area contributed by atoms with Crippen molar-refractivity contribution in [2.75, 3.05) is 0 Å². The molecular weight excluding hydrogens is 271 g/mol.